The summed E-state index contributed by atoms with van der Waals surface area (Å²) in [6.45, 7) is 4.42. The van der Waals surface area contributed by atoms with Crippen LogP contribution in [0.3, 0.4) is 0 Å². The Bertz CT molecular complexity index is 637. The molecule has 0 aliphatic carbocycles. The van der Waals surface area contributed by atoms with Crippen LogP contribution in [-0.4, -0.2) is 12.5 Å². The van der Waals surface area contributed by atoms with E-state index in [1.807, 2.05) is 50.2 Å². The van der Waals surface area contributed by atoms with Crippen LogP contribution in [0.25, 0.3) is 0 Å². The average Bonchev–Trinajstić information content (AvgIpc) is 2.49. The van der Waals surface area contributed by atoms with Crippen LogP contribution >= 0.6 is 24.0 Å². The monoisotopic (exact) mass is 352 g/mol. The molecule has 0 spiro atoms. The van der Waals surface area contributed by atoms with Gasteiger partial charge in [0, 0.05) is 17.3 Å². The molecule has 0 saturated carbocycles. The number of anilines is 1. The fourth-order valence-electron chi connectivity index (χ4n) is 2.22. The fourth-order valence-corrected chi connectivity index (χ4v) is 2.35. The third kappa shape index (κ3) is 5.15. The number of nitrogens with two attached hydrogens (primary N) is 1. The first-order valence-corrected chi connectivity index (χ1v) is 7.66. The van der Waals surface area contributed by atoms with Crippen molar-refractivity contribution in [2.24, 2.45) is 0 Å². The molecular weight excluding hydrogens is 331 g/mol. The topological polar surface area (TPSA) is 55.1 Å². The zero-order valence-corrected chi connectivity index (χ0v) is 14.9. The van der Waals surface area contributed by atoms with Crippen LogP contribution < -0.4 is 11.1 Å². The molecule has 0 saturated heterocycles. The van der Waals surface area contributed by atoms with E-state index in [1.54, 1.807) is 12.1 Å². The van der Waals surface area contributed by atoms with Crippen molar-refractivity contribution in [1.29, 1.82) is 0 Å². The molecule has 0 fully saturated rings. The quantitative estimate of drug-likeness (QED) is 0.799. The number of hydrogen-bond acceptors (Lipinski definition) is 2. The highest BCUT2D eigenvalue weighted by atomic mass is 35.5. The summed E-state index contributed by atoms with van der Waals surface area (Å²) < 4.78 is 0. The molecule has 2 aromatic rings. The lowest BCUT2D eigenvalue weighted by atomic mass is 9.83. The molecule has 2 aromatic carbocycles. The first kappa shape index (κ1) is 19.3. The summed E-state index contributed by atoms with van der Waals surface area (Å²) in [7, 11) is 0. The standard InChI is InChI=1S/C18H21ClN2O.ClH/c1-18(2,14-5-7-15(19)8-6-14)17(22)21-12-11-13-3-9-16(20)10-4-13;/h3-10H,11-12,20H2,1-2H3,(H,21,22);1H. The van der Waals surface area contributed by atoms with Crippen LogP contribution in [0.15, 0.2) is 48.5 Å². The van der Waals surface area contributed by atoms with E-state index in [0.717, 1.165) is 23.2 Å². The summed E-state index contributed by atoms with van der Waals surface area (Å²) in [4.78, 5) is 12.4. The van der Waals surface area contributed by atoms with Gasteiger partial charge in [-0.05, 0) is 55.7 Å². The largest absolute Gasteiger partial charge is 0.399 e. The van der Waals surface area contributed by atoms with Crippen molar-refractivity contribution in [3.8, 4) is 0 Å². The number of carbonyl (C=O) groups excluding carboxylic acids is 1. The Morgan fingerprint density at radius 1 is 1.09 bits per heavy atom. The molecule has 1 amide bonds. The van der Waals surface area contributed by atoms with Gasteiger partial charge >= 0.3 is 0 Å². The maximum absolute atomic E-state index is 12.4. The lowest BCUT2D eigenvalue weighted by Gasteiger charge is -2.24. The van der Waals surface area contributed by atoms with Gasteiger partial charge in [0.15, 0.2) is 0 Å². The lowest BCUT2D eigenvalue weighted by molar-refractivity contribution is -0.125. The van der Waals surface area contributed by atoms with Gasteiger partial charge in [-0.15, -0.1) is 12.4 Å². The van der Waals surface area contributed by atoms with E-state index < -0.39 is 5.41 Å². The second-order valence-electron chi connectivity index (χ2n) is 5.88. The van der Waals surface area contributed by atoms with E-state index in [-0.39, 0.29) is 18.3 Å². The van der Waals surface area contributed by atoms with Crippen molar-refractivity contribution in [2.75, 3.05) is 12.3 Å². The van der Waals surface area contributed by atoms with E-state index in [0.29, 0.717) is 11.6 Å². The van der Waals surface area contributed by atoms with Gasteiger partial charge in [-0.2, -0.15) is 0 Å². The van der Waals surface area contributed by atoms with Gasteiger partial charge < -0.3 is 11.1 Å². The molecule has 0 aliphatic heterocycles. The van der Waals surface area contributed by atoms with E-state index in [2.05, 4.69) is 5.32 Å². The van der Waals surface area contributed by atoms with Gasteiger partial charge in [-0.25, -0.2) is 0 Å². The number of hydrogen-bond donors (Lipinski definition) is 2. The second-order valence-corrected chi connectivity index (χ2v) is 6.32. The maximum Gasteiger partial charge on any atom is 0.230 e. The van der Waals surface area contributed by atoms with Crippen LogP contribution in [0.2, 0.25) is 5.02 Å². The fraction of sp³-hybridized carbons (Fsp3) is 0.278. The molecule has 0 unspecified atom stereocenters. The molecule has 5 heteroatoms. The minimum atomic E-state index is -0.592. The highest BCUT2D eigenvalue weighted by Gasteiger charge is 2.29. The van der Waals surface area contributed by atoms with Crippen molar-refractivity contribution < 1.29 is 4.79 Å². The summed E-state index contributed by atoms with van der Waals surface area (Å²) in [6, 6.07) is 15.1. The zero-order chi connectivity index (χ0) is 16.2. The molecule has 124 valence electrons. The van der Waals surface area contributed by atoms with Crippen LogP contribution in [0, 0.1) is 0 Å². The summed E-state index contributed by atoms with van der Waals surface area (Å²) >= 11 is 5.89. The summed E-state index contributed by atoms with van der Waals surface area (Å²) in [5.74, 6) is 0.00488. The van der Waals surface area contributed by atoms with Gasteiger partial charge in [-0.3, -0.25) is 4.79 Å². The van der Waals surface area contributed by atoms with Crippen LogP contribution in [-0.2, 0) is 16.6 Å². The molecule has 0 aromatic heterocycles. The molecule has 23 heavy (non-hydrogen) atoms. The minimum Gasteiger partial charge on any atom is -0.399 e. The van der Waals surface area contributed by atoms with Crippen molar-refractivity contribution in [3.05, 3.63) is 64.7 Å². The van der Waals surface area contributed by atoms with Crippen molar-refractivity contribution in [2.45, 2.75) is 25.7 Å². The summed E-state index contributed by atoms with van der Waals surface area (Å²) in [6.07, 6.45) is 0.780. The second kappa shape index (κ2) is 8.23. The Morgan fingerprint density at radius 2 is 1.65 bits per heavy atom. The Hall–Kier alpha value is -1.71. The Balaban J connectivity index is 0.00000264. The zero-order valence-electron chi connectivity index (χ0n) is 13.3. The van der Waals surface area contributed by atoms with E-state index in [9.17, 15) is 4.79 Å². The van der Waals surface area contributed by atoms with Crippen LogP contribution in [0.5, 0.6) is 0 Å². The first-order valence-electron chi connectivity index (χ1n) is 7.28. The predicted molar refractivity (Wildman–Crippen MR) is 99.3 cm³/mol. The molecule has 3 nitrogen and oxygen atoms in total. The van der Waals surface area contributed by atoms with Gasteiger partial charge in [0.25, 0.3) is 0 Å². The minimum absolute atomic E-state index is 0. The average molecular weight is 353 g/mol. The number of benzene rings is 2. The number of rotatable bonds is 5. The van der Waals surface area contributed by atoms with Crippen molar-refractivity contribution >= 4 is 35.6 Å². The number of amides is 1. The third-order valence-corrected chi connectivity index (χ3v) is 4.06. The van der Waals surface area contributed by atoms with E-state index in [1.165, 1.54) is 0 Å². The molecule has 3 N–H and O–H groups in total. The maximum atomic E-state index is 12.4. The Labute approximate surface area is 148 Å². The molecule has 0 heterocycles. The number of nitrogen functional groups attached to an aromatic ring is 1. The van der Waals surface area contributed by atoms with Gasteiger partial charge in [0.1, 0.15) is 0 Å². The molecule has 2 rings (SSSR count). The SMILES string of the molecule is CC(C)(C(=O)NCCc1ccc(N)cc1)c1ccc(Cl)cc1.Cl. The molecular formula is C18H22Cl2N2O. The van der Waals surface area contributed by atoms with Gasteiger partial charge in [0.2, 0.25) is 5.91 Å². The highest BCUT2D eigenvalue weighted by molar-refractivity contribution is 6.30. The van der Waals surface area contributed by atoms with Gasteiger partial charge in [0.05, 0.1) is 5.41 Å². The lowest BCUT2D eigenvalue weighted by Crippen LogP contribution is -2.40. The van der Waals surface area contributed by atoms with Crippen LogP contribution in [0.1, 0.15) is 25.0 Å². The van der Waals surface area contributed by atoms with E-state index >= 15 is 0 Å². The summed E-state index contributed by atoms with van der Waals surface area (Å²) in [5, 5.41) is 3.67. The van der Waals surface area contributed by atoms with E-state index in [4.69, 9.17) is 17.3 Å². The van der Waals surface area contributed by atoms with Crippen molar-refractivity contribution in [1.82, 2.24) is 5.32 Å². The molecule has 0 aliphatic rings. The highest BCUT2D eigenvalue weighted by Crippen LogP contribution is 2.24. The first-order chi connectivity index (χ1) is 10.4. The normalized spacial score (nSPS) is 10.7. The van der Waals surface area contributed by atoms with Crippen molar-refractivity contribution in [3.63, 3.8) is 0 Å². The third-order valence-electron chi connectivity index (χ3n) is 3.81. The number of carbonyl (C=O) groups is 1. The molecule has 0 atom stereocenters. The smallest absolute Gasteiger partial charge is 0.230 e. The number of halogens is 2. The Kier molecular flexibility index (Phi) is 6.92. The van der Waals surface area contributed by atoms with Crippen LogP contribution in [0.4, 0.5) is 5.69 Å². The Morgan fingerprint density at radius 3 is 2.22 bits per heavy atom. The molecule has 0 radical (unpaired) electrons. The molecule has 0 bridgehead atoms. The number of nitrogens with one attached hydrogen (secondary N) is 1. The summed E-state index contributed by atoms with van der Waals surface area (Å²) in [5.41, 5.74) is 7.91. The predicted octanol–water partition coefficient (Wildman–Crippen LogP) is 3.98. The van der Waals surface area contributed by atoms with Gasteiger partial charge in [-0.1, -0.05) is 35.9 Å².